The molecular weight excluding hydrogens is 266 g/mol. The van der Waals surface area contributed by atoms with Gasteiger partial charge in [0.2, 0.25) is 0 Å². The van der Waals surface area contributed by atoms with Crippen molar-refractivity contribution in [2.75, 3.05) is 11.5 Å². The maximum absolute atomic E-state index is 4.45. The van der Waals surface area contributed by atoms with E-state index >= 15 is 0 Å². The molecule has 1 heterocycles. The van der Waals surface area contributed by atoms with E-state index in [-0.39, 0.29) is 0 Å². The molecule has 0 aliphatic carbocycles. The molecule has 0 amide bonds. The molecule has 1 aromatic heterocycles. The molecule has 1 rings (SSSR count). The molecular formula is C13H23NS3. The number of unbranched alkanes of at least 4 members (excludes halogenated alkanes) is 6. The van der Waals surface area contributed by atoms with E-state index in [2.05, 4.69) is 29.9 Å². The summed E-state index contributed by atoms with van der Waals surface area (Å²) in [6.45, 7) is 2.06. The van der Waals surface area contributed by atoms with Crippen LogP contribution in [0.1, 0.15) is 50.6 Å². The number of thioether (sulfide) groups is 1. The molecule has 0 aliphatic heterocycles. The predicted octanol–water partition coefficient (Wildman–Crippen LogP) is 5.20. The van der Waals surface area contributed by atoms with Crippen LogP contribution in [0.5, 0.6) is 0 Å². The third-order valence-corrected chi connectivity index (χ3v) is 5.17. The highest BCUT2D eigenvalue weighted by Gasteiger charge is 1.98. The fourth-order valence-electron chi connectivity index (χ4n) is 1.66. The first-order chi connectivity index (χ1) is 8.33. The Bertz CT molecular complexity index is 286. The van der Waals surface area contributed by atoms with Gasteiger partial charge in [-0.1, -0.05) is 43.9 Å². The molecule has 0 aliphatic rings. The second-order valence-electron chi connectivity index (χ2n) is 4.30. The molecule has 0 fully saturated rings. The topological polar surface area (TPSA) is 12.9 Å². The fraction of sp³-hybridized carbons (Fsp3) is 0.769. The van der Waals surface area contributed by atoms with E-state index in [4.69, 9.17) is 0 Å². The minimum absolute atomic E-state index is 1.05. The molecule has 0 spiro atoms. The SMILES string of the molecule is Cc1csc(SCCCCCCCCCS)n1. The molecule has 17 heavy (non-hydrogen) atoms. The van der Waals surface area contributed by atoms with Gasteiger partial charge in [0.05, 0.1) is 0 Å². The zero-order valence-electron chi connectivity index (χ0n) is 10.7. The van der Waals surface area contributed by atoms with E-state index in [9.17, 15) is 0 Å². The van der Waals surface area contributed by atoms with Gasteiger partial charge in [-0.3, -0.25) is 0 Å². The number of rotatable bonds is 10. The molecule has 0 atom stereocenters. The van der Waals surface area contributed by atoms with Gasteiger partial charge in [0.25, 0.3) is 0 Å². The van der Waals surface area contributed by atoms with Crippen molar-refractivity contribution < 1.29 is 0 Å². The molecule has 4 heteroatoms. The Morgan fingerprint density at radius 1 is 1.12 bits per heavy atom. The third kappa shape index (κ3) is 8.11. The van der Waals surface area contributed by atoms with E-state index < -0.39 is 0 Å². The Hall–Kier alpha value is 0.330. The molecule has 0 radical (unpaired) electrons. The number of hydrogen-bond donors (Lipinski definition) is 1. The molecule has 0 unspecified atom stereocenters. The van der Waals surface area contributed by atoms with Gasteiger partial charge in [-0.15, -0.1) is 11.3 Å². The van der Waals surface area contributed by atoms with Gasteiger partial charge in [0, 0.05) is 16.8 Å². The van der Waals surface area contributed by atoms with Crippen molar-refractivity contribution in [2.45, 2.75) is 56.2 Å². The third-order valence-electron chi connectivity index (χ3n) is 2.63. The summed E-state index contributed by atoms with van der Waals surface area (Å²) >= 11 is 7.90. The Labute approximate surface area is 119 Å². The molecule has 98 valence electrons. The number of thiol groups is 1. The maximum Gasteiger partial charge on any atom is 0.150 e. The van der Waals surface area contributed by atoms with Crippen molar-refractivity contribution in [1.29, 1.82) is 0 Å². The molecule has 0 saturated carbocycles. The van der Waals surface area contributed by atoms with Gasteiger partial charge in [0.1, 0.15) is 4.34 Å². The van der Waals surface area contributed by atoms with Crippen LogP contribution in [0, 0.1) is 6.92 Å². The van der Waals surface area contributed by atoms with Crippen LogP contribution in [0.15, 0.2) is 9.72 Å². The van der Waals surface area contributed by atoms with E-state index in [1.165, 1.54) is 55.0 Å². The van der Waals surface area contributed by atoms with Crippen LogP contribution in [-0.4, -0.2) is 16.5 Å². The summed E-state index contributed by atoms with van der Waals surface area (Å²) in [4.78, 5) is 4.45. The molecule has 0 saturated heterocycles. The lowest BCUT2D eigenvalue weighted by Gasteiger charge is -2.00. The van der Waals surface area contributed by atoms with Crippen LogP contribution in [0.2, 0.25) is 0 Å². The summed E-state index contributed by atoms with van der Waals surface area (Å²) in [7, 11) is 0. The van der Waals surface area contributed by atoms with Crippen LogP contribution in [0.3, 0.4) is 0 Å². The number of hydrogen-bond acceptors (Lipinski definition) is 4. The summed E-state index contributed by atoms with van der Waals surface area (Å²) in [6.07, 6.45) is 9.52. The van der Waals surface area contributed by atoms with Gasteiger partial charge >= 0.3 is 0 Å². The zero-order chi connectivity index (χ0) is 12.3. The highest BCUT2D eigenvalue weighted by atomic mass is 32.2. The Balaban J connectivity index is 1.84. The number of thiazole rings is 1. The number of aryl methyl sites for hydroxylation is 1. The van der Waals surface area contributed by atoms with Crippen LogP contribution in [-0.2, 0) is 0 Å². The van der Waals surface area contributed by atoms with Gasteiger partial charge in [0.15, 0.2) is 0 Å². The van der Waals surface area contributed by atoms with Crippen molar-refractivity contribution in [3.63, 3.8) is 0 Å². The van der Waals surface area contributed by atoms with E-state index in [0.29, 0.717) is 0 Å². The quantitative estimate of drug-likeness (QED) is 0.361. The first kappa shape index (κ1) is 15.4. The summed E-state index contributed by atoms with van der Waals surface area (Å²) in [5.41, 5.74) is 1.15. The minimum Gasteiger partial charge on any atom is -0.235 e. The largest absolute Gasteiger partial charge is 0.235 e. The van der Waals surface area contributed by atoms with Crippen molar-refractivity contribution in [1.82, 2.24) is 4.98 Å². The summed E-state index contributed by atoms with van der Waals surface area (Å²) in [5, 5.41) is 2.13. The fourth-order valence-corrected chi connectivity index (χ4v) is 3.80. The Morgan fingerprint density at radius 2 is 1.76 bits per heavy atom. The molecule has 0 N–H and O–H groups in total. The average molecular weight is 290 g/mol. The smallest absolute Gasteiger partial charge is 0.150 e. The summed E-state index contributed by atoms with van der Waals surface area (Å²) in [5.74, 6) is 2.27. The highest BCUT2D eigenvalue weighted by molar-refractivity contribution is 8.00. The molecule has 1 aromatic rings. The van der Waals surface area contributed by atoms with Crippen LogP contribution in [0.4, 0.5) is 0 Å². The van der Waals surface area contributed by atoms with Crippen molar-refractivity contribution >= 4 is 35.7 Å². The van der Waals surface area contributed by atoms with E-state index in [1.807, 2.05) is 11.8 Å². The average Bonchev–Trinajstić information content (AvgIpc) is 2.73. The lowest BCUT2D eigenvalue weighted by atomic mass is 10.1. The monoisotopic (exact) mass is 289 g/mol. The van der Waals surface area contributed by atoms with Gasteiger partial charge in [-0.2, -0.15) is 12.6 Å². The number of aromatic nitrogens is 1. The lowest BCUT2D eigenvalue weighted by Crippen LogP contribution is -1.84. The summed E-state index contributed by atoms with van der Waals surface area (Å²) < 4.78 is 1.23. The second kappa shape index (κ2) is 10.3. The number of nitrogens with zero attached hydrogens (tertiary/aromatic N) is 1. The van der Waals surface area contributed by atoms with Crippen molar-refractivity contribution in [2.24, 2.45) is 0 Å². The summed E-state index contributed by atoms with van der Waals surface area (Å²) in [6, 6.07) is 0. The first-order valence-electron chi connectivity index (χ1n) is 6.48. The van der Waals surface area contributed by atoms with Crippen molar-refractivity contribution in [3.05, 3.63) is 11.1 Å². The molecule has 1 nitrogen and oxygen atoms in total. The van der Waals surface area contributed by atoms with Gasteiger partial charge in [-0.25, -0.2) is 4.98 Å². The zero-order valence-corrected chi connectivity index (χ0v) is 13.2. The normalized spacial score (nSPS) is 10.9. The van der Waals surface area contributed by atoms with Gasteiger partial charge < -0.3 is 0 Å². The lowest BCUT2D eigenvalue weighted by molar-refractivity contribution is 0.605. The Morgan fingerprint density at radius 3 is 2.35 bits per heavy atom. The molecule has 0 bridgehead atoms. The van der Waals surface area contributed by atoms with Crippen molar-refractivity contribution in [3.8, 4) is 0 Å². The second-order valence-corrected chi connectivity index (χ2v) is 6.95. The minimum atomic E-state index is 1.05. The predicted molar refractivity (Wildman–Crippen MR) is 83.7 cm³/mol. The Kier molecular flexibility index (Phi) is 9.30. The van der Waals surface area contributed by atoms with Crippen LogP contribution < -0.4 is 0 Å². The van der Waals surface area contributed by atoms with E-state index in [0.717, 1.165) is 11.4 Å². The molecule has 0 aromatic carbocycles. The maximum atomic E-state index is 4.45. The highest BCUT2D eigenvalue weighted by Crippen LogP contribution is 2.23. The standard InChI is InChI=1S/C13H23NS3/c1-12-11-17-13(14-12)16-10-8-6-4-2-3-5-7-9-15/h11,15H,2-10H2,1H3. The first-order valence-corrected chi connectivity index (χ1v) is 8.98. The van der Waals surface area contributed by atoms with Crippen LogP contribution >= 0.6 is 35.7 Å². The van der Waals surface area contributed by atoms with Gasteiger partial charge in [-0.05, 0) is 25.5 Å². The van der Waals surface area contributed by atoms with E-state index in [1.54, 1.807) is 11.3 Å². The van der Waals surface area contributed by atoms with Crippen LogP contribution in [0.25, 0.3) is 0 Å².